The first-order chi connectivity index (χ1) is 13.3. The minimum atomic E-state index is -3.52. The molecule has 0 spiro atoms. The zero-order valence-electron chi connectivity index (χ0n) is 17.4. The Morgan fingerprint density at radius 1 is 1.34 bits per heavy atom. The van der Waals surface area contributed by atoms with Crippen LogP contribution in [0.15, 0.2) is 16.0 Å². The summed E-state index contributed by atoms with van der Waals surface area (Å²) in [6, 6.07) is 1.85. The van der Waals surface area contributed by atoms with Crippen LogP contribution in [0, 0.1) is 13.8 Å². The van der Waals surface area contributed by atoms with E-state index in [9.17, 15) is 13.2 Å². The van der Waals surface area contributed by atoms with Gasteiger partial charge in [-0.1, -0.05) is 6.92 Å². The highest BCUT2D eigenvalue weighted by Crippen LogP contribution is 2.24. The van der Waals surface area contributed by atoms with Crippen molar-refractivity contribution < 1.29 is 13.2 Å². The van der Waals surface area contributed by atoms with Gasteiger partial charge in [-0.15, -0.1) is 35.3 Å². The summed E-state index contributed by atoms with van der Waals surface area (Å²) in [5.74, 6) is 0.805. The summed E-state index contributed by atoms with van der Waals surface area (Å²) in [5.41, 5.74) is 0. The monoisotopic (exact) mass is 557 g/mol. The Morgan fingerprint density at radius 3 is 2.66 bits per heavy atom. The van der Waals surface area contributed by atoms with E-state index in [1.165, 1.54) is 11.3 Å². The fourth-order valence-corrected chi connectivity index (χ4v) is 5.72. The third-order valence-corrected chi connectivity index (χ3v) is 7.17. The highest BCUT2D eigenvalue weighted by atomic mass is 127. The van der Waals surface area contributed by atoms with Crippen molar-refractivity contribution in [2.75, 3.05) is 32.7 Å². The van der Waals surface area contributed by atoms with Crippen LogP contribution in [-0.2, 0) is 14.8 Å². The van der Waals surface area contributed by atoms with Crippen LogP contribution in [0.1, 0.15) is 36.4 Å². The third-order valence-electron chi connectivity index (χ3n) is 4.49. The van der Waals surface area contributed by atoms with E-state index in [0.29, 0.717) is 36.9 Å². The molecule has 0 aliphatic carbocycles. The number of hydrogen-bond donors (Lipinski definition) is 3. The number of nitrogens with one attached hydrogen (secondary N) is 3. The van der Waals surface area contributed by atoms with Gasteiger partial charge in [0.1, 0.15) is 0 Å². The van der Waals surface area contributed by atoms with Crippen molar-refractivity contribution in [2.45, 2.75) is 51.5 Å². The van der Waals surface area contributed by atoms with E-state index in [1.807, 2.05) is 32.6 Å². The van der Waals surface area contributed by atoms with Gasteiger partial charge in [-0.2, -0.15) is 0 Å². The minimum Gasteiger partial charge on any atom is -0.357 e. The SMILES string of the molecule is CCNC(=NCCNS(=O)(=O)c1cc(C)sc1C)NC1CCN(C(=O)CC)C1.I. The topological polar surface area (TPSA) is 103 Å². The Balaban J connectivity index is 0.00000420. The number of halogens is 1. The van der Waals surface area contributed by atoms with Crippen molar-refractivity contribution in [1.29, 1.82) is 0 Å². The molecule has 1 saturated heterocycles. The number of thiophene rings is 1. The molecule has 1 amide bonds. The van der Waals surface area contributed by atoms with Crippen LogP contribution in [0.2, 0.25) is 0 Å². The van der Waals surface area contributed by atoms with Gasteiger partial charge in [0.25, 0.3) is 0 Å². The molecule has 0 aromatic carbocycles. The maximum atomic E-state index is 12.4. The summed E-state index contributed by atoms with van der Waals surface area (Å²) in [6.45, 7) is 10.2. The molecule has 0 radical (unpaired) electrons. The number of amides is 1. The van der Waals surface area contributed by atoms with E-state index in [-0.39, 0.29) is 42.5 Å². The van der Waals surface area contributed by atoms with Gasteiger partial charge in [0.2, 0.25) is 15.9 Å². The first-order valence-electron chi connectivity index (χ1n) is 9.66. The first-order valence-corrected chi connectivity index (χ1v) is 12.0. The number of aryl methyl sites for hydroxylation is 2. The molecule has 2 heterocycles. The van der Waals surface area contributed by atoms with Gasteiger partial charge in [0.15, 0.2) is 5.96 Å². The second kappa shape index (κ2) is 12.1. The Kier molecular flexibility index (Phi) is 10.9. The molecule has 0 bridgehead atoms. The molecule has 3 N–H and O–H groups in total. The number of nitrogens with zero attached hydrogens (tertiary/aromatic N) is 2. The average Bonchev–Trinajstić information content (AvgIpc) is 3.24. The van der Waals surface area contributed by atoms with Gasteiger partial charge in [-0.3, -0.25) is 9.79 Å². The lowest BCUT2D eigenvalue weighted by molar-refractivity contribution is -0.129. The molecule has 1 aliphatic heterocycles. The summed E-state index contributed by atoms with van der Waals surface area (Å²) in [5, 5.41) is 6.51. The van der Waals surface area contributed by atoms with Gasteiger partial charge in [0.05, 0.1) is 11.4 Å². The van der Waals surface area contributed by atoms with Crippen LogP contribution < -0.4 is 15.4 Å². The van der Waals surface area contributed by atoms with Crippen LogP contribution >= 0.6 is 35.3 Å². The quantitative estimate of drug-likeness (QED) is 0.196. The fourth-order valence-electron chi connectivity index (χ4n) is 3.14. The van der Waals surface area contributed by atoms with E-state index in [2.05, 4.69) is 20.3 Å². The molecule has 11 heteroatoms. The summed E-state index contributed by atoms with van der Waals surface area (Å²) in [6.07, 6.45) is 1.39. The zero-order valence-corrected chi connectivity index (χ0v) is 21.4. The van der Waals surface area contributed by atoms with Crippen molar-refractivity contribution in [3.63, 3.8) is 0 Å². The van der Waals surface area contributed by atoms with Crippen molar-refractivity contribution in [2.24, 2.45) is 4.99 Å². The molecule has 1 atom stereocenters. The largest absolute Gasteiger partial charge is 0.357 e. The number of sulfonamides is 1. The molecular formula is C18H32IN5O3S2. The maximum absolute atomic E-state index is 12.4. The number of guanidine groups is 1. The second-order valence-corrected chi connectivity index (χ2v) is 9.95. The summed E-state index contributed by atoms with van der Waals surface area (Å²) < 4.78 is 27.5. The Bertz CT molecular complexity index is 810. The van der Waals surface area contributed by atoms with Crippen LogP contribution in [0.4, 0.5) is 0 Å². The smallest absolute Gasteiger partial charge is 0.241 e. The van der Waals surface area contributed by atoms with Crippen molar-refractivity contribution >= 4 is 57.2 Å². The number of rotatable bonds is 8. The molecule has 166 valence electrons. The number of hydrogen-bond acceptors (Lipinski definition) is 5. The molecule has 1 aliphatic rings. The van der Waals surface area contributed by atoms with E-state index in [4.69, 9.17) is 0 Å². The number of aliphatic imine (C=N–C) groups is 1. The molecule has 2 rings (SSSR count). The third kappa shape index (κ3) is 7.68. The molecular weight excluding hydrogens is 525 g/mol. The zero-order chi connectivity index (χ0) is 20.7. The standard InChI is InChI=1S/C18H31N5O3S2.HI/c1-5-17(24)23-10-7-15(12-23)22-18(19-6-2)20-8-9-21-28(25,26)16-11-13(3)27-14(16)4;/h11,15,21H,5-10,12H2,1-4H3,(H2,19,20,22);1H. The van der Waals surface area contributed by atoms with Crippen LogP contribution in [-0.4, -0.2) is 64.0 Å². The van der Waals surface area contributed by atoms with Crippen LogP contribution in [0.3, 0.4) is 0 Å². The molecule has 0 saturated carbocycles. The van der Waals surface area contributed by atoms with Gasteiger partial charge >= 0.3 is 0 Å². The van der Waals surface area contributed by atoms with E-state index < -0.39 is 10.0 Å². The van der Waals surface area contributed by atoms with E-state index in [1.54, 1.807) is 6.07 Å². The second-order valence-electron chi connectivity index (χ2n) is 6.76. The fraction of sp³-hybridized carbons (Fsp3) is 0.667. The summed E-state index contributed by atoms with van der Waals surface area (Å²) in [7, 11) is -3.52. The van der Waals surface area contributed by atoms with Gasteiger partial charge in [-0.05, 0) is 33.3 Å². The lowest BCUT2D eigenvalue weighted by atomic mass is 10.3. The average molecular weight is 558 g/mol. The molecule has 1 aromatic rings. The van der Waals surface area contributed by atoms with Crippen molar-refractivity contribution in [3.8, 4) is 0 Å². The lowest BCUT2D eigenvalue weighted by Gasteiger charge is -2.18. The van der Waals surface area contributed by atoms with E-state index >= 15 is 0 Å². The molecule has 1 fully saturated rings. The van der Waals surface area contributed by atoms with E-state index in [0.717, 1.165) is 22.7 Å². The van der Waals surface area contributed by atoms with Gasteiger partial charge in [0, 0.05) is 48.4 Å². The Hall–Kier alpha value is -0.920. The molecule has 8 nitrogen and oxygen atoms in total. The highest BCUT2D eigenvalue weighted by Gasteiger charge is 2.25. The first kappa shape index (κ1) is 26.1. The summed E-state index contributed by atoms with van der Waals surface area (Å²) >= 11 is 1.47. The normalized spacial score (nSPS) is 17.2. The van der Waals surface area contributed by atoms with Gasteiger partial charge < -0.3 is 15.5 Å². The predicted octanol–water partition coefficient (Wildman–Crippen LogP) is 1.83. The van der Waals surface area contributed by atoms with Gasteiger partial charge in [-0.25, -0.2) is 13.1 Å². The highest BCUT2D eigenvalue weighted by molar-refractivity contribution is 14.0. The lowest BCUT2D eigenvalue weighted by Crippen LogP contribution is -2.45. The summed E-state index contributed by atoms with van der Waals surface area (Å²) in [4.78, 5) is 20.2. The maximum Gasteiger partial charge on any atom is 0.241 e. The number of carbonyl (C=O) groups is 1. The molecule has 1 unspecified atom stereocenters. The van der Waals surface area contributed by atoms with Crippen molar-refractivity contribution in [1.82, 2.24) is 20.3 Å². The van der Waals surface area contributed by atoms with Crippen LogP contribution in [0.5, 0.6) is 0 Å². The molecule has 1 aromatic heterocycles. The molecule has 29 heavy (non-hydrogen) atoms. The van der Waals surface area contributed by atoms with Crippen LogP contribution in [0.25, 0.3) is 0 Å². The predicted molar refractivity (Wildman–Crippen MR) is 129 cm³/mol. The Labute approximate surface area is 195 Å². The van der Waals surface area contributed by atoms with Crippen molar-refractivity contribution in [3.05, 3.63) is 15.8 Å². The number of likely N-dealkylation sites (tertiary alicyclic amines) is 1. The number of carbonyl (C=O) groups excluding carboxylic acids is 1. The Morgan fingerprint density at radius 2 is 2.07 bits per heavy atom. The minimum absolute atomic E-state index is 0.